The van der Waals surface area contributed by atoms with Gasteiger partial charge in [0.15, 0.2) is 5.92 Å². The minimum absolute atomic E-state index is 0.108. The second-order valence-corrected chi connectivity index (χ2v) is 3.46. The van der Waals surface area contributed by atoms with Crippen LogP contribution >= 0.6 is 0 Å². The predicted molar refractivity (Wildman–Crippen MR) is 51.9 cm³/mol. The number of rotatable bonds is 4. The first-order valence-electron chi connectivity index (χ1n) is 4.74. The van der Waals surface area contributed by atoms with Crippen molar-refractivity contribution >= 4 is 5.97 Å². The highest BCUT2D eigenvalue weighted by Gasteiger charge is 2.44. The number of benzene rings is 1. The van der Waals surface area contributed by atoms with Gasteiger partial charge in [-0.05, 0) is 18.4 Å². The first-order valence-corrected chi connectivity index (χ1v) is 4.74. The Hall–Kier alpha value is -1.52. The summed E-state index contributed by atoms with van der Waals surface area (Å²) in [6, 6.07) is 8.52. The van der Waals surface area contributed by atoms with Crippen LogP contribution in [0.3, 0.4) is 0 Å². The van der Waals surface area contributed by atoms with Crippen LogP contribution in [0, 0.1) is 5.92 Å². The first-order chi connectivity index (χ1) is 7.41. The van der Waals surface area contributed by atoms with Gasteiger partial charge in [-0.1, -0.05) is 30.3 Å². The molecule has 0 unspecified atom stereocenters. The number of carboxylic acids is 1. The molecule has 2 nitrogen and oxygen atoms in total. The molecule has 0 saturated heterocycles. The SMILES string of the molecule is O=C(O)[C@H](CCc1ccccc1)C(F)(F)F. The summed E-state index contributed by atoms with van der Waals surface area (Å²) in [5.41, 5.74) is 0.706. The molecular weight excluding hydrogens is 221 g/mol. The predicted octanol–water partition coefficient (Wildman–Crippen LogP) is 2.88. The van der Waals surface area contributed by atoms with Crippen molar-refractivity contribution in [2.75, 3.05) is 0 Å². The second kappa shape index (κ2) is 5.01. The summed E-state index contributed by atoms with van der Waals surface area (Å²) < 4.78 is 36.9. The van der Waals surface area contributed by atoms with Crippen LogP contribution in [0.4, 0.5) is 13.2 Å². The van der Waals surface area contributed by atoms with E-state index >= 15 is 0 Å². The maximum atomic E-state index is 12.3. The summed E-state index contributed by atoms with van der Waals surface area (Å²) in [4.78, 5) is 10.4. The fraction of sp³-hybridized carbons (Fsp3) is 0.364. The largest absolute Gasteiger partial charge is 0.481 e. The average Bonchev–Trinajstić information content (AvgIpc) is 2.17. The van der Waals surface area contributed by atoms with Crippen molar-refractivity contribution in [2.24, 2.45) is 5.92 Å². The van der Waals surface area contributed by atoms with E-state index in [1.165, 1.54) is 0 Å². The van der Waals surface area contributed by atoms with Gasteiger partial charge in [0.25, 0.3) is 0 Å². The highest BCUT2D eigenvalue weighted by molar-refractivity contribution is 5.70. The molecule has 0 radical (unpaired) electrons. The first kappa shape index (κ1) is 12.5. The van der Waals surface area contributed by atoms with Gasteiger partial charge in [-0.15, -0.1) is 0 Å². The van der Waals surface area contributed by atoms with Gasteiger partial charge in [0.05, 0.1) is 0 Å². The lowest BCUT2D eigenvalue weighted by atomic mass is 9.99. The van der Waals surface area contributed by atoms with Crippen molar-refractivity contribution < 1.29 is 23.1 Å². The third-order valence-corrected chi connectivity index (χ3v) is 2.26. The Morgan fingerprint density at radius 1 is 1.25 bits per heavy atom. The molecule has 0 aliphatic carbocycles. The van der Waals surface area contributed by atoms with E-state index < -0.39 is 24.5 Å². The molecule has 0 aliphatic rings. The summed E-state index contributed by atoms with van der Waals surface area (Å²) >= 11 is 0. The lowest BCUT2D eigenvalue weighted by Gasteiger charge is -2.15. The highest BCUT2D eigenvalue weighted by Crippen LogP contribution is 2.30. The number of hydrogen-bond acceptors (Lipinski definition) is 1. The molecule has 0 heterocycles. The molecule has 0 bridgehead atoms. The van der Waals surface area contributed by atoms with Gasteiger partial charge < -0.3 is 5.11 Å². The number of hydrogen-bond donors (Lipinski definition) is 1. The minimum atomic E-state index is -4.68. The molecule has 1 atom stereocenters. The van der Waals surface area contributed by atoms with Crippen molar-refractivity contribution in [1.82, 2.24) is 0 Å². The number of aryl methyl sites for hydroxylation is 1. The molecule has 0 fully saturated rings. The summed E-state index contributed by atoms with van der Waals surface area (Å²) in [6.07, 6.45) is -5.00. The van der Waals surface area contributed by atoms with Crippen LogP contribution in [0.1, 0.15) is 12.0 Å². The minimum Gasteiger partial charge on any atom is -0.481 e. The molecule has 0 saturated carbocycles. The number of halogens is 3. The zero-order chi connectivity index (χ0) is 12.2. The van der Waals surface area contributed by atoms with E-state index in [4.69, 9.17) is 5.11 Å². The van der Waals surface area contributed by atoms with E-state index in [0.717, 1.165) is 0 Å². The van der Waals surface area contributed by atoms with Crippen LogP contribution in [0.15, 0.2) is 30.3 Å². The third kappa shape index (κ3) is 3.56. The Kier molecular flexibility index (Phi) is 3.93. The summed E-state index contributed by atoms with van der Waals surface area (Å²) in [7, 11) is 0. The van der Waals surface area contributed by atoms with Crippen molar-refractivity contribution in [3.05, 3.63) is 35.9 Å². The Morgan fingerprint density at radius 2 is 1.81 bits per heavy atom. The van der Waals surface area contributed by atoms with Crippen molar-refractivity contribution in [1.29, 1.82) is 0 Å². The Balaban J connectivity index is 2.62. The van der Waals surface area contributed by atoms with E-state index in [1.807, 2.05) is 0 Å². The molecule has 5 heteroatoms. The molecule has 1 aromatic carbocycles. The molecular formula is C11H11F3O2. The Bertz CT molecular complexity index is 346. The van der Waals surface area contributed by atoms with Crippen LogP contribution in [-0.2, 0) is 11.2 Å². The molecule has 1 rings (SSSR count). The normalized spacial score (nSPS) is 13.4. The van der Waals surface area contributed by atoms with E-state index in [-0.39, 0.29) is 6.42 Å². The second-order valence-electron chi connectivity index (χ2n) is 3.46. The molecule has 0 aromatic heterocycles. The fourth-order valence-corrected chi connectivity index (χ4v) is 1.38. The number of carboxylic acid groups (broad SMARTS) is 1. The van der Waals surface area contributed by atoms with Gasteiger partial charge >= 0.3 is 12.1 Å². The van der Waals surface area contributed by atoms with Crippen LogP contribution in [0.5, 0.6) is 0 Å². The van der Waals surface area contributed by atoms with Crippen molar-refractivity contribution in [2.45, 2.75) is 19.0 Å². The average molecular weight is 232 g/mol. The maximum Gasteiger partial charge on any atom is 0.402 e. The summed E-state index contributed by atoms with van der Waals surface area (Å²) in [5, 5.41) is 8.47. The van der Waals surface area contributed by atoms with Crippen LogP contribution in [0.2, 0.25) is 0 Å². The topological polar surface area (TPSA) is 37.3 Å². The smallest absolute Gasteiger partial charge is 0.402 e. The molecule has 0 spiro atoms. The molecule has 88 valence electrons. The van der Waals surface area contributed by atoms with Gasteiger partial charge in [0.1, 0.15) is 0 Å². The van der Waals surface area contributed by atoms with E-state index in [2.05, 4.69) is 0 Å². The molecule has 16 heavy (non-hydrogen) atoms. The van der Waals surface area contributed by atoms with Crippen LogP contribution in [-0.4, -0.2) is 17.3 Å². The molecule has 1 N–H and O–H groups in total. The lowest BCUT2D eigenvalue weighted by molar-refractivity contribution is -0.194. The van der Waals surface area contributed by atoms with Crippen molar-refractivity contribution in [3.63, 3.8) is 0 Å². The number of carbonyl (C=O) groups is 1. The standard InChI is InChI=1S/C11H11F3O2/c12-11(13,14)9(10(15)16)7-6-8-4-2-1-3-5-8/h1-5,9H,6-7H2,(H,15,16)/t9-/m0/s1. The van der Waals surface area contributed by atoms with Gasteiger partial charge in [0.2, 0.25) is 0 Å². The summed E-state index contributed by atoms with van der Waals surface area (Å²) in [6.45, 7) is 0. The number of aliphatic carboxylic acids is 1. The molecule has 0 amide bonds. The van der Waals surface area contributed by atoms with E-state index in [9.17, 15) is 18.0 Å². The van der Waals surface area contributed by atoms with Gasteiger partial charge in [-0.25, -0.2) is 0 Å². The zero-order valence-electron chi connectivity index (χ0n) is 8.37. The monoisotopic (exact) mass is 232 g/mol. The Morgan fingerprint density at radius 3 is 2.25 bits per heavy atom. The highest BCUT2D eigenvalue weighted by atomic mass is 19.4. The molecule has 1 aromatic rings. The summed E-state index contributed by atoms with van der Waals surface area (Å²) in [5.74, 6) is -4.10. The van der Waals surface area contributed by atoms with Crippen molar-refractivity contribution in [3.8, 4) is 0 Å². The van der Waals surface area contributed by atoms with Crippen LogP contribution in [0.25, 0.3) is 0 Å². The lowest BCUT2D eigenvalue weighted by Crippen LogP contribution is -2.30. The maximum absolute atomic E-state index is 12.3. The third-order valence-electron chi connectivity index (χ3n) is 2.26. The van der Waals surface area contributed by atoms with Gasteiger partial charge in [-0.2, -0.15) is 13.2 Å². The van der Waals surface area contributed by atoms with Gasteiger partial charge in [0, 0.05) is 0 Å². The fourth-order valence-electron chi connectivity index (χ4n) is 1.38. The quantitative estimate of drug-likeness (QED) is 0.866. The zero-order valence-corrected chi connectivity index (χ0v) is 8.37. The Labute approximate surface area is 90.7 Å². The molecule has 0 aliphatic heterocycles. The number of alkyl halides is 3. The van der Waals surface area contributed by atoms with E-state index in [0.29, 0.717) is 5.56 Å². The van der Waals surface area contributed by atoms with Crippen LogP contribution < -0.4 is 0 Å². The van der Waals surface area contributed by atoms with Gasteiger partial charge in [-0.3, -0.25) is 4.79 Å². The van der Waals surface area contributed by atoms with E-state index in [1.54, 1.807) is 30.3 Å².